The number of hydrogen-bond acceptors (Lipinski definition) is 3. The highest BCUT2D eigenvalue weighted by molar-refractivity contribution is 9.08. The van der Waals surface area contributed by atoms with Gasteiger partial charge in [0.15, 0.2) is 0 Å². The van der Waals surface area contributed by atoms with Gasteiger partial charge in [0.05, 0.1) is 10.5 Å². The van der Waals surface area contributed by atoms with Gasteiger partial charge in [0.1, 0.15) is 0 Å². The molecule has 6 heteroatoms. The average molecular weight is 260 g/mol. The normalized spacial score (nSPS) is 9.79. The zero-order valence-electron chi connectivity index (χ0n) is 6.94. The minimum atomic E-state index is -1.17. The number of carboxylic acid groups (broad SMARTS) is 1. The summed E-state index contributed by atoms with van der Waals surface area (Å²) in [6, 6.07) is 3.76. The number of benzene rings is 1. The topological polar surface area (TPSA) is 80.4 Å². The highest BCUT2D eigenvalue weighted by atomic mass is 79.9. The molecule has 0 radical (unpaired) electrons. The van der Waals surface area contributed by atoms with E-state index in [0.29, 0.717) is 10.9 Å². The van der Waals surface area contributed by atoms with Crippen LogP contribution in [0.1, 0.15) is 15.9 Å². The molecule has 0 bridgehead atoms. The molecule has 1 N–H and O–H groups in total. The maximum atomic E-state index is 10.6. The summed E-state index contributed by atoms with van der Waals surface area (Å²) in [7, 11) is 0. The maximum absolute atomic E-state index is 10.6. The van der Waals surface area contributed by atoms with Crippen molar-refractivity contribution < 1.29 is 14.8 Å². The van der Waals surface area contributed by atoms with Gasteiger partial charge in [0.25, 0.3) is 5.69 Å². The van der Waals surface area contributed by atoms with E-state index in [1.54, 1.807) is 0 Å². The number of nitro benzene ring substituents is 1. The fourth-order valence-corrected chi connectivity index (χ4v) is 1.30. The largest absolute Gasteiger partial charge is 0.478 e. The second-order valence-corrected chi connectivity index (χ2v) is 3.14. The van der Waals surface area contributed by atoms with Gasteiger partial charge in [0.2, 0.25) is 0 Å². The number of alkyl halides is 1. The quantitative estimate of drug-likeness (QED) is 0.513. The van der Waals surface area contributed by atoms with Gasteiger partial charge >= 0.3 is 5.97 Å². The molecule has 0 atom stereocenters. The molecule has 0 heterocycles. The lowest BCUT2D eigenvalue weighted by Gasteiger charge is -1.99. The molecule has 0 aliphatic rings. The Morgan fingerprint density at radius 1 is 1.50 bits per heavy atom. The van der Waals surface area contributed by atoms with Crippen molar-refractivity contribution >= 4 is 27.6 Å². The summed E-state index contributed by atoms with van der Waals surface area (Å²) in [6.07, 6.45) is 0. The summed E-state index contributed by atoms with van der Waals surface area (Å²) in [5, 5.41) is 19.5. The Labute approximate surface area is 87.6 Å². The van der Waals surface area contributed by atoms with E-state index >= 15 is 0 Å². The highest BCUT2D eigenvalue weighted by Gasteiger charge is 2.12. The monoisotopic (exact) mass is 259 g/mol. The van der Waals surface area contributed by atoms with Crippen molar-refractivity contribution in [3.05, 3.63) is 39.4 Å². The fraction of sp³-hybridized carbons (Fsp3) is 0.125. The van der Waals surface area contributed by atoms with E-state index in [0.717, 1.165) is 6.07 Å². The SMILES string of the molecule is O=C(O)c1cc(CBr)cc([N+](=O)[O-])c1. The number of nitrogens with zero attached hydrogens (tertiary/aromatic N) is 1. The molecule has 0 unspecified atom stereocenters. The molecular weight excluding hydrogens is 254 g/mol. The molecule has 0 aliphatic heterocycles. The zero-order valence-corrected chi connectivity index (χ0v) is 8.52. The third-order valence-corrected chi connectivity index (χ3v) is 2.24. The van der Waals surface area contributed by atoms with E-state index in [9.17, 15) is 14.9 Å². The molecule has 1 aromatic rings. The molecule has 0 amide bonds. The van der Waals surface area contributed by atoms with Gasteiger partial charge in [-0.15, -0.1) is 0 Å². The van der Waals surface area contributed by atoms with Crippen LogP contribution in [-0.4, -0.2) is 16.0 Å². The van der Waals surface area contributed by atoms with E-state index in [-0.39, 0.29) is 11.3 Å². The first-order valence-electron chi connectivity index (χ1n) is 3.62. The molecule has 74 valence electrons. The zero-order chi connectivity index (χ0) is 10.7. The number of halogens is 1. The van der Waals surface area contributed by atoms with Gasteiger partial charge in [-0.05, 0) is 11.6 Å². The lowest BCUT2D eigenvalue weighted by Crippen LogP contribution is -1.99. The van der Waals surface area contributed by atoms with Gasteiger partial charge in [-0.2, -0.15) is 0 Å². The van der Waals surface area contributed by atoms with E-state index in [4.69, 9.17) is 5.11 Å². The van der Waals surface area contributed by atoms with Crippen LogP contribution in [0.3, 0.4) is 0 Å². The molecule has 5 nitrogen and oxygen atoms in total. The molecule has 0 spiro atoms. The molecule has 1 aromatic carbocycles. The van der Waals surface area contributed by atoms with Gasteiger partial charge in [-0.1, -0.05) is 15.9 Å². The smallest absolute Gasteiger partial charge is 0.335 e. The molecule has 0 aliphatic carbocycles. The number of nitro groups is 1. The Morgan fingerprint density at radius 2 is 2.14 bits per heavy atom. The van der Waals surface area contributed by atoms with Crippen molar-refractivity contribution in [2.75, 3.05) is 0 Å². The summed E-state index contributed by atoms with van der Waals surface area (Å²) in [5.74, 6) is -1.17. The van der Waals surface area contributed by atoms with Crippen LogP contribution in [0.4, 0.5) is 5.69 Å². The van der Waals surface area contributed by atoms with Gasteiger partial charge in [0, 0.05) is 17.5 Å². The van der Waals surface area contributed by atoms with Gasteiger partial charge < -0.3 is 5.11 Å². The third kappa shape index (κ3) is 2.29. The van der Waals surface area contributed by atoms with Crippen LogP contribution in [0.5, 0.6) is 0 Å². The molecule has 14 heavy (non-hydrogen) atoms. The first-order valence-corrected chi connectivity index (χ1v) is 4.74. The first kappa shape index (κ1) is 10.6. The molecule has 0 fully saturated rings. The highest BCUT2D eigenvalue weighted by Crippen LogP contribution is 2.19. The molecule has 1 rings (SSSR count). The summed E-state index contributed by atoms with van der Waals surface area (Å²) in [4.78, 5) is 20.4. The second kappa shape index (κ2) is 4.19. The van der Waals surface area contributed by atoms with Crippen LogP contribution in [-0.2, 0) is 5.33 Å². The van der Waals surface area contributed by atoms with Crippen LogP contribution >= 0.6 is 15.9 Å². The minimum absolute atomic E-state index is 0.0753. The predicted octanol–water partition coefficient (Wildman–Crippen LogP) is 2.19. The number of carboxylic acids is 1. The Kier molecular flexibility index (Phi) is 3.19. The first-order chi connectivity index (χ1) is 6.54. The average Bonchev–Trinajstić information content (AvgIpc) is 2.16. The van der Waals surface area contributed by atoms with Crippen molar-refractivity contribution in [2.45, 2.75) is 5.33 Å². The minimum Gasteiger partial charge on any atom is -0.478 e. The molecule has 0 saturated carbocycles. The Bertz CT molecular complexity index is 359. The van der Waals surface area contributed by atoms with E-state index in [1.165, 1.54) is 12.1 Å². The summed E-state index contributed by atoms with van der Waals surface area (Å²) in [6.45, 7) is 0. The molecule has 0 saturated heterocycles. The summed E-state index contributed by atoms with van der Waals surface area (Å²) in [5.41, 5.74) is 0.282. The number of aromatic carboxylic acids is 1. The van der Waals surface area contributed by atoms with Crippen LogP contribution in [0, 0.1) is 10.1 Å². The van der Waals surface area contributed by atoms with E-state index < -0.39 is 10.9 Å². The lowest BCUT2D eigenvalue weighted by atomic mass is 10.1. The van der Waals surface area contributed by atoms with Crippen molar-refractivity contribution in [2.24, 2.45) is 0 Å². The van der Waals surface area contributed by atoms with Crippen LogP contribution < -0.4 is 0 Å². The number of hydrogen-bond donors (Lipinski definition) is 1. The summed E-state index contributed by atoms with van der Waals surface area (Å²) >= 11 is 3.11. The summed E-state index contributed by atoms with van der Waals surface area (Å²) < 4.78 is 0. The Hall–Kier alpha value is -1.43. The van der Waals surface area contributed by atoms with Gasteiger partial charge in [-0.25, -0.2) is 4.79 Å². The van der Waals surface area contributed by atoms with Crippen LogP contribution in [0.15, 0.2) is 18.2 Å². The Balaban J connectivity index is 3.27. The number of carbonyl (C=O) groups is 1. The molecular formula is C8H6BrNO4. The van der Waals surface area contributed by atoms with E-state index in [2.05, 4.69) is 15.9 Å². The van der Waals surface area contributed by atoms with E-state index in [1.807, 2.05) is 0 Å². The maximum Gasteiger partial charge on any atom is 0.335 e. The van der Waals surface area contributed by atoms with Crippen molar-refractivity contribution in [3.63, 3.8) is 0 Å². The second-order valence-electron chi connectivity index (χ2n) is 2.58. The van der Waals surface area contributed by atoms with Gasteiger partial charge in [-0.3, -0.25) is 10.1 Å². The lowest BCUT2D eigenvalue weighted by molar-refractivity contribution is -0.384. The molecule has 0 aromatic heterocycles. The standard InChI is InChI=1S/C8H6BrNO4/c9-4-5-1-6(8(11)12)3-7(2-5)10(13)14/h1-3H,4H2,(H,11,12). The van der Waals surface area contributed by atoms with Crippen molar-refractivity contribution in [1.29, 1.82) is 0 Å². The fourth-order valence-electron chi connectivity index (χ4n) is 0.980. The van der Waals surface area contributed by atoms with Crippen molar-refractivity contribution in [1.82, 2.24) is 0 Å². The van der Waals surface area contributed by atoms with Crippen molar-refractivity contribution in [3.8, 4) is 0 Å². The Morgan fingerprint density at radius 3 is 2.57 bits per heavy atom. The predicted molar refractivity (Wildman–Crippen MR) is 52.7 cm³/mol. The number of rotatable bonds is 3. The van der Waals surface area contributed by atoms with Crippen LogP contribution in [0.25, 0.3) is 0 Å². The third-order valence-electron chi connectivity index (χ3n) is 1.59. The van der Waals surface area contributed by atoms with Crippen LogP contribution in [0.2, 0.25) is 0 Å². The number of non-ortho nitro benzene ring substituents is 1.